The van der Waals surface area contributed by atoms with Gasteiger partial charge in [0.15, 0.2) is 0 Å². The molecule has 17 heavy (non-hydrogen) atoms. The van der Waals surface area contributed by atoms with E-state index in [2.05, 4.69) is 5.32 Å². The first kappa shape index (κ1) is 13.5. The van der Waals surface area contributed by atoms with Crippen LogP contribution in [0.25, 0.3) is 0 Å². The van der Waals surface area contributed by atoms with Crippen LogP contribution in [-0.4, -0.2) is 24.7 Å². The highest BCUT2D eigenvalue weighted by Gasteiger charge is 2.05. The molecule has 0 heterocycles. The number of methoxy groups -OCH3 is 1. The minimum absolute atomic E-state index is 0.0322. The second-order valence-corrected chi connectivity index (χ2v) is 4.10. The van der Waals surface area contributed by atoms with Crippen LogP contribution in [-0.2, 0) is 16.1 Å². The molecule has 0 aliphatic heterocycles. The largest absolute Gasteiger partial charge is 0.507 e. The Morgan fingerprint density at radius 2 is 1.94 bits per heavy atom. The van der Waals surface area contributed by atoms with Crippen molar-refractivity contribution in [2.24, 2.45) is 0 Å². The fraction of sp³-hybridized carbons (Fsp3) is 0.462. The van der Waals surface area contributed by atoms with Gasteiger partial charge in [0.2, 0.25) is 5.91 Å². The smallest absolute Gasteiger partial charge is 0.222 e. The minimum atomic E-state index is -0.0322. The van der Waals surface area contributed by atoms with Gasteiger partial charge < -0.3 is 15.2 Å². The zero-order chi connectivity index (χ0) is 12.8. The Kier molecular flexibility index (Phi) is 4.97. The topological polar surface area (TPSA) is 58.6 Å². The number of phenols is 1. The van der Waals surface area contributed by atoms with Gasteiger partial charge in [0.1, 0.15) is 5.75 Å². The summed E-state index contributed by atoms with van der Waals surface area (Å²) >= 11 is 0. The SMILES string of the molecule is COCCC(=O)NCc1cc(C)c(O)c(C)c1. The van der Waals surface area contributed by atoms with Crippen LogP contribution in [0.3, 0.4) is 0 Å². The first-order valence-electron chi connectivity index (χ1n) is 5.59. The van der Waals surface area contributed by atoms with Gasteiger partial charge in [-0.3, -0.25) is 4.79 Å². The second kappa shape index (κ2) is 6.25. The van der Waals surface area contributed by atoms with Gasteiger partial charge in [-0.25, -0.2) is 0 Å². The molecule has 1 aromatic carbocycles. The molecule has 0 saturated carbocycles. The Hall–Kier alpha value is -1.55. The number of hydrogen-bond donors (Lipinski definition) is 2. The molecule has 0 aromatic heterocycles. The molecule has 94 valence electrons. The van der Waals surface area contributed by atoms with Crippen LogP contribution in [0, 0.1) is 13.8 Å². The highest BCUT2D eigenvalue weighted by atomic mass is 16.5. The Balaban J connectivity index is 2.55. The van der Waals surface area contributed by atoms with Crippen molar-refractivity contribution in [3.63, 3.8) is 0 Å². The average Bonchev–Trinajstić information content (AvgIpc) is 2.30. The Morgan fingerprint density at radius 3 is 2.47 bits per heavy atom. The number of nitrogens with one attached hydrogen (secondary N) is 1. The molecule has 4 nitrogen and oxygen atoms in total. The van der Waals surface area contributed by atoms with Crippen LogP contribution < -0.4 is 5.32 Å². The second-order valence-electron chi connectivity index (χ2n) is 4.10. The summed E-state index contributed by atoms with van der Waals surface area (Å²) in [6, 6.07) is 3.75. The van der Waals surface area contributed by atoms with E-state index < -0.39 is 0 Å². The Labute approximate surface area is 102 Å². The minimum Gasteiger partial charge on any atom is -0.507 e. The molecule has 0 aliphatic rings. The number of aryl methyl sites for hydroxylation is 2. The van der Waals surface area contributed by atoms with Gasteiger partial charge in [0.05, 0.1) is 6.61 Å². The quantitative estimate of drug-likeness (QED) is 0.819. The van der Waals surface area contributed by atoms with Gasteiger partial charge in [-0.2, -0.15) is 0 Å². The number of amides is 1. The van der Waals surface area contributed by atoms with E-state index in [1.807, 2.05) is 26.0 Å². The summed E-state index contributed by atoms with van der Waals surface area (Å²) in [6.45, 7) is 4.60. The molecule has 0 saturated heterocycles. The van der Waals surface area contributed by atoms with E-state index >= 15 is 0 Å². The van der Waals surface area contributed by atoms with Crippen molar-refractivity contribution in [3.8, 4) is 5.75 Å². The van der Waals surface area contributed by atoms with Gasteiger partial charge >= 0.3 is 0 Å². The zero-order valence-corrected chi connectivity index (χ0v) is 10.5. The molecule has 0 aliphatic carbocycles. The van der Waals surface area contributed by atoms with Gasteiger partial charge in [0, 0.05) is 20.1 Å². The molecule has 0 atom stereocenters. The lowest BCUT2D eigenvalue weighted by molar-refractivity contribution is -0.122. The molecule has 1 aromatic rings. The summed E-state index contributed by atoms with van der Waals surface area (Å²) < 4.78 is 4.82. The average molecular weight is 237 g/mol. The summed E-state index contributed by atoms with van der Waals surface area (Å²) in [7, 11) is 1.57. The molecular weight excluding hydrogens is 218 g/mol. The normalized spacial score (nSPS) is 10.3. The van der Waals surface area contributed by atoms with Crippen LogP contribution in [0.5, 0.6) is 5.75 Å². The number of carbonyl (C=O) groups is 1. The summed E-state index contributed by atoms with van der Waals surface area (Å²) in [5.41, 5.74) is 2.64. The first-order chi connectivity index (χ1) is 8.04. The highest BCUT2D eigenvalue weighted by Crippen LogP contribution is 2.22. The molecule has 1 amide bonds. The summed E-state index contributed by atoms with van der Waals surface area (Å²) in [4.78, 5) is 11.4. The van der Waals surface area contributed by atoms with E-state index in [1.54, 1.807) is 7.11 Å². The number of ether oxygens (including phenoxy) is 1. The third-order valence-corrected chi connectivity index (χ3v) is 2.57. The monoisotopic (exact) mass is 237 g/mol. The Bertz CT molecular complexity index is 379. The lowest BCUT2D eigenvalue weighted by atomic mass is 10.1. The van der Waals surface area contributed by atoms with E-state index in [9.17, 15) is 9.90 Å². The van der Waals surface area contributed by atoms with Crippen molar-refractivity contribution >= 4 is 5.91 Å². The molecular formula is C13H19NO3. The third-order valence-electron chi connectivity index (χ3n) is 2.57. The number of hydrogen-bond acceptors (Lipinski definition) is 3. The fourth-order valence-corrected chi connectivity index (χ4v) is 1.63. The van der Waals surface area contributed by atoms with Crippen molar-refractivity contribution in [2.75, 3.05) is 13.7 Å². The first-order valence-corrected chi connectivity index (χ1v) is 5.59. The number of benzene rings is 1. The van der Waals surface area contributed by atoms with E-state index in [4.69, 9.17) is 4.74 Å². The molecule has 2 N–H and O–H groups in total. The summed E-state index contributed by atoms with van der Waals surface area (Å²) in [5.74, 6) is 0.287. The van der Waals surface area contributed by atoms with Gasteiger partial charge in [0.25, 0.3) is 0 Å². The molecule has 0 spiro atoms. The van der Waals surface area contributed by atoms with Crippen molar-refractivity contribution < 1.29 is 14.6 Å². The predicted octanol–water partition coefficient (Wildman–Crippen LogP) is 1.66. The van der Waals surface area contributed by atoms with Crippen molar-refractivity contribution in [2.45, 2.75) is 26.8 Å². The lowest BCUT2D eigenvalue weighted by Gasteiger charge is -2.09. The Morgan fingerprint density at radius 1 is 1.35 bits per heavy atom. The summed E-state index contributed by atoms with van der Waals surface area (Å²) in [6.07, 6.45) is 0.368. The van der Waals surface area contributed by atoms with Crippen LogP contribution in [0.1, 0.15) is 23.1 Å². The van der Waals surface area contributed by atoms with Crippen LogP contribution >= 0.6 is 0 Å². The van der Waals surface area contributed by atoms with Crippen molar-refractivity contribution in [1.29, 1.82) is 0 Å². The van der Waals surface area contributed by atoms with Crippen LogP contribution in [0.4, 0.5) is 0 Å². The van der Waals surface area contributed by atoms with Gasteiger partial charge in [-0.05, 0) is 30.5 Å². The maximum absolute atomic E-state index is 11.4. The molecule has 0 radical (unpaired) electrons. The van der Waals surface area contributed by atoms with E-state index in [-0.39, 0.29) is 5.91 Å². The van der Waals surface area contributed by atoms with Crippen molar-refractivity contribution in [1.82, 2.24) is 5.32 Å². The summed E-state index contributed by atoms with van der Waals surface area (Å²) in [5, 5.41) is 12.4. The molecule has 0 bridgehead atoms. The van der Waals surface area contributed by atoms with Crippen LogP contribution in [0.2, 0.25) is 0 Å². The van der Waals surface area contributed by atoms with Gasteiger partial charge in [-0.1, -0.05) is 12.1 Å². The molecule has 4 heteroatoms. The molecule has 0 unspecified atom stereocenters. The number of rotatable bonds is 5. The molecule has 0 fully saturated rings. The van der Waals surface area contributed by atoms with Crippen molar-refractivity contribution in [3.05, 3.63) is 28.8 Å². The lowest BCUT2D eigenvalue weighted by Crippen LogP contribution is -2.23. The standard InChI is InChI=1S/C13H19NO3/c1-9-6-11(7-10(2)13(9)16)8-14-12(15)4-5-17-3/h6-7,16H,4-5,8H2,1-3H3,(H,14,15). The third kappa shape index (κ3) is 4.07. The maximum atomic E-state index is 11.4. The van der Waals surface area contributed by atoms with E-state index in [0.717, 1.165) is 16.7 Å². The number of phenolic OH excluding ortho intramolecular Hbond substituents is 1. The fourth-order valence-electron chi connectivity index (χ4n) is 1.63. The maximum Gasteiger partial charge on any atom is 0.222 e. The molecule has 1 rings (SSSR count). The van der Waals surface area contributed by atoms with E-state index in [0.29, 0.717) is 25.3 Å². The number of carbonyl (C=O) groups excluding carboxylic acids is 1. The van der Waals surface area contributed by atoms with E-state index in [1.165, 1.54) is 0 Å². The van der Waals surface area contributed by atoms with Gasteiger partial charge in [-0.15, -0.1) is 0 Å². The number of aromatic hydroxyl groups is 1. The highest BCUT2D eigenvalue weighted by molar-refractivity contribution is 5.75. The predicted molar refractivity (Wildman–Crippen MR) is 65.9 cm³/mol. The zero-order valence-electron chi connectivity index (χ0n) is 10.5. The van der Waals surface area contributed by atoms with Crippen LogP contribution in [0.15, 0.2) is 12.1 Å².